The topological polar surface area (TPSA) is 91.3 Å². The van der Waals surface area contributed by atoms with Crippen molar-refractivity contribution in [1.29, 1.82) is 0 Å². The monoisotopic (exact) mass is 353 g/mol. The van der Waals surface area contributed by atoms with Gasteiger partial charge < -0.3 is 15.7 Å². The highest BCUT2D eigenvalue weighted by Crippen LogP contribution is 2.19. The van der Waals surface area contributed by atoms with Gasteiger partial charge in [-0.15, -0.1) is 11.3 Å². The minimum Gasteiger partial charge on any atom is -0.376 e. The lowest BCUT2D eigenvalue weighted by molar-refractivity contribution is -0.205. The van der Waals surface area contributed by atoms with Gasteiger partial charge in [0.05, 0.1) is 0 Å². The van der Waals surface area contributed by atoms with Crippen molar-refractivity contribution < 1.29 is 27.9 Å². The van der Waals surface area contributed by atoms with Crippen molar-refractivity contribution in [3.63, 3.8) is 0 Å². The highest BCUT2D eigenvalue weighted by atomic mass is 32.1. The molecule has 3 N–H and O–H groups in total. The van der Waals surface area contributed by atoms with Crippen LogP contribution in [0.2, 0.25) is 0 Å². The number of halogens is 3. The number of aliphatic hydroxyl groups excluding tert-OH is 1. The van der Waals surface area contributed by atoms with Gasteiger partial charge in [-0.3, -0.25) is 9.59 Å². The van der Waals surface area contributed by atoms with Crippen LogP contribution in [0.5, 0.6) is 0 Å². The number of rotatable bonds is 9. The quantitative estimate of drug-likeness (QED) is 0.593. The molecule has 130 valence electrons. The minimum atomic E-state index is -4.95. The molecule has 0 fully saturated rings. The molecule has 6 nitrogen and oxygen atoms in total. The summed E-state index contributed by atoms with van der Waals surface area (Å²) in [4.78, 5) is 26.4. The van der Waals surface area contributed by atoms with Gasteiger partial charge in [0.1, 0.15) is 0 Å². The van der Waals surface area contributed by atoms with Gasteiger partial charge in [0.2, 0.25) is 12.0 Å². The first-order chi connectivity index (χ1) is 10.8. The van der Waals surface area contributed by atoms with E-state index in [2.05, 4.69) is 10.3 Å². The second kappa shape index (κ2) is 9.46. The fraction of sp³-hybridized carbons (Fsp3) is 0.615. The third-order valence-electron chi connectivity index (χ3n) is 2.87. The van der Waals surface area contributed by atoms with E-state index in [1.165, 1.54) is 11.3 Å². The summed E-state index contributed by atoms with van der Waals surface area (Å²) in [7, 11) is 0. The maximum absolute atomic E-state index is 12.0. The van der Waals surface area contributed by atoms with Gasteiger partial charge in [0.25, 0.3) is 5.91 Å². The summed E-state index contributed by atoms with van der Waals surface area (Å²) < 4.78 is 36.1. The highest BCUT2D eigenvalue weighted by molar-refractivity contribution is 7.13. The third kappa shape index (κ3) is 7.93. The Kier molecular flexibility index (Phi) is 7.96. The Labute approximate surface area is 135 Å². The van der Waals surface area contributed by atoms with Crippen LogP contribution in [0.25, 0.3) is 0 Å². The molecule has 0 spiro atoms. The van der Waals surface area contributed by atoms with Crippen LogP contribution in [0, 0.1) is 0 Å². The van der Waals surface area contributed by atoms with E-state index in [0.717, 1.165) is 0 Å². The number of nitrogens with zero attached hydrogens (tertiary/aromatic N) is 1. The molecule has 1 unspecified atom stereocenters. The second-order valence-corrected chi connectivity index (χ2v) is 5.68. The number of anilines is 1. The fourth-order valence-corrected chi connectivity index (χ4v) is 2.23. The maximum Gasteiger partial charge on any atom is 0.423 e. The predicted molar refractivity (Wildman–Crippen MR) is 78.9 cm³/mol. The van der Waals surface area contributed by atoms with E-state index in [1.807, 2.05) is 5.32 Å². The zero-order valence-corrected chi connectivity index (χ0v) is 13.0. The van der Waals surface area contributed by atoms with E-state index in [-0.39, 0.29) is 12.5 Å². The van der Waals surface area contributed by atoms with Crippen LogP contribution in [0.3, 0.4) is 0 Å². The smallest absolute Gasteiger partial charge is 0.376 e. The lowest BCUT2D eigenvalue weighted by Crippen LogP contribution is -2.44. The zero-order chi connectivity index (χ0) is 17.3. The molecule has 0 aliphatic heterocycles. The van der Waals surface area contributed by atoms with Crippen molar-refractivity contribution in [1.82, 2.24) is 10.3 Å². The number of unbranched alkanes of at least 4 members (excludes halogenated alkanes) is 3. The number of hydrogen-bond acceptors (Lipinski definition) is 5. The first-order valence-corrected chi connectivity index (χ1v) is 7.90. The van der Waals surface area contributed by atoms with E-state index < -0.39 is 18.2 Å². The highest BCUT2D eigenvalue weighted by Gasteiger charge is 2.43. The van der Waals surface area contributed by atoms with Crippen molar-refractivity contribution in [2.45, 2.75) is 44.4 Å². The van der Waals surface area contributed by atoms with Crippen molar-refractivity contribution in [3.8, 4) is 0 Å². The van der Waals surface area contributed by atoms with Crippen LogP contribution in [0.15, 0.2) is 11.6 Å². The Morgan fingerprint density at radius 1 is 1.26 bits per heavy atom. The van der Waals surface area contributed by atoms with Gasteiger partial charge in [-0.25, -0.2) is 4.98 Å². The van der Waals surface area contributed by atoms with Gasteiger partial charge in [0.15, 0.2) is 5.13 Å². The fourth-order valence-electron chi connectivity index (χ4n) is 1.69. The standard InChI is InChI=1S/C13H18F3N3O3S/c14-13(15,16)10(21)11(22)17-6-4-2-1-3-5-9(20)19-12-18-7-8-23-12/h7-8,10,21H,1-6H2,(H,17,22)(H,18,19,20). The van der Waals surface area contributed by atoms with Crippen LogP contribution in [-0.2, 0) is 9.59 Å². The van der Waals surface area contributed by atoms with Crippen LogP contribution in [0.4, 0.5) is 18.3 Å². The number of carbonyl (C=O) groups is 2. The third-order valence-corrected chi connectivity index (χ3v) is 3.56. The summed E-state index contributed by atoms with van der Waals surface area (Å²) in [5, 5.41) is 15.6. The SMILES string of the molecule is O=C(CCCCCCNC(=O)C(O)C(F)(F)F)Nc1nccs1. The Balaban J connectivity index is 2.01. The normalized spacial score (nSPS) is 12.7. The average molecular weight is 353 g/mol. The maximum atomic E-state index is 12.0. The number of nitrogens with one attached hydrogen (secondary N) is 2. The van der Waals surface area contributed by atoms with E-state index in [9.17, 15) is 22.8 Å². The number of alkyl halides is 3. The Morgan fingerprint density at radius 2 is 1.96 bits per heavy atom. The van der Waals surface area contributed by atoms with Crippen LogP contribution in [0.1, 0.15) is 32.1 Å². The molecule has 1 aromatic rings. The van der Waals surface area contributed by atoms with E-state index in [0.29, 0.717) is 37.2 Å². The largest absolute Gasteiger partial charge is 0.423 e. The van der Waals surface area contributed by atoms with Gasteiger partial charge in [-0.05, 0) is 12.8 Å². The molecule has 1 aromatic heterocycles. The molecule has 1 heterocycles. The molecule has 0 saturated carbocycles. The second-order valence-electron chi connectivity index (χ2n) is 4.78. The summed E-state index contributed by atoms with van der Waals surface area (Å²) in [6.45, 7) is 0.0529. The zero-order valence-electron chi connectivity index (χ0n) is 12.2. The lowest BCUT2D eigenvalue weighted by atomic mass is 10.1. The molecule has 0 saturated heterocycles. The van der Waals surface area contributed by atoms with Crippen LogP contribution in [-0.4, -0.2) is 40.7 Å². The number of aromatic nitrogens is 1. The van der Waals surface area contributed by atoms with Crippen LogP contribution >= 0.6 is 11.3 Å². The number of amides is 2. The molecule has 1 rings (SSSR count). The lowest BCUT2D eigenvalue weighted by Gasteiger charge is -2.14. The van der Waals surface area contributed by atoms with Crippen molar-refractivity contribution in [2.75, 3.05) is 11.9 Å². The molecule has 2 amide bonds. The average Bonchev–Trinajstić information content (AvgIpc) is 2.97. The van der Waals surface area contributed by atoms with Gasteiger partial charge in [-0.2, -0.15) is 13.2 Å². The van der Waals surface area contributed by atoms with Gasteiger partial charge in [-0.1, -0.05) is 12.8 Å². The molecule has 0 aliphatic rings. The molecule has 10 heteroatoms. The first-order valence-electron chi connectivity index (χ1n) is 7.02. The summed E-state index contributed by atoms with van der Waals surface area (Å²) in [6, 6.07) is 0. The Morgan fingerprint density at radius 3 is 2.57 bits per heavy atom. The van der Waals surface area contributed by atoms with Crippen molar-refractivity contribution in [3.05, 3.63) is 11.6 Å². The van der Waals surface area contributed by atoms with Gasteiger partial charge >= 0.3 is 6.18 Å². The number of carbonyl (C=O) groups excluding carboxylic acids is 2. The summed E-state index contributed by atoms with van der Waals surface area (Å²) in [6.07, 6.45) is -3.54. The summed E-state index contributed by atoms with van der Waals surface area (Å²) in [5.41, 5.74) is 0. The molecule has 0 bridgehead atoms. The molecule has 1 atom stereocenters. The molecular weight excluding hydrogens is 335 g/mol. The molecule has 0 aromatic carbocycles. The Bertz CT molecular complexity index is 494. The molecule has 0 aliphatic carbocycles. The van der Waals surface area contributed by atoms with E-state index in [1.54, 1.807) is 11.6 Å². The van der Waals surface area contributed by atoms with Crippen molar-refractivity contribution in [2.24, 2.45) is 0 Å². The number of hydrogen-bond donors (Lipinski definition) is 3. The first kappa shape index (κ1) is 19.4. The molecular formula is C13H18F3N3O3S. The number of thiazole rings is 1. The Hall–Kier alpha value is -1.68. The van der Waals surface area contributed by atoms with Crippen LogP contribution < -0.4 is 10.6 Å². The van der Waals surface area contributed by atoms with E-state index in [4.69, 9.17) is 5.11 Å². The molecule has 23 heavy (non-hydrogen) atoms. The summed E-state index contributed by atoms with van der Waals surface area (Å²) >= 11 is 1.32. The number of aliphatic hydroxyl groups is 1. The van der Waals surface area contributed by atoms with E-state index >= 15 is 0 Å². The van der Waals surface area contributed by atoms with Gasteiger partial charge in [0, 0.05) is 24.5 Å². The van der Waals surface area contributed by atoms with Crippen molar-refractivity contribution >= 4 is 28.3 Å². The minimum absolute atomic E-state index is 0.0529. The summed E-state index contributed by atoms with van der Waals surface area (Å²) in [5.74, 6) is -1.58. The molecule has 0 radical (unpaired) electrons. The predicted octanol–water partition coefficient (Wildman–Crippen LogP) is 2.07.